The number of aromatic nitrogens is 2. The quantitative estimate of drug-likeness (QED) is 0.596. The first-order valence-electron chi connectivity index (χ1n) is 6.01. The van der Waals surface area contributed by atoms with Gasteiger partial charge in [-0.1, -0.05) is 11.3 Å². The number of nitrogens with zero attached hydrogens (tertiary/aromatic N) is 2. The van der Waals surface area contributed by atoms with Gasteiger partial charge in [-0.05, 0) is 25.1 Å². The summed E-state index contributed by atoms with van der Waals surface area (Å²) in [5.41, 5.74) is 1.72. The number of rotatable bonds is 3. The summed E-state index contributed by atoms with van der Waals surface area (Å²) in [5, 5.41) is 9.51. The molecule has 20 heavy (non-hydrogen) atoms. The van der Waals surface area contributed by atoms with Crippen molar-refractivity contribution in [1.82, 2.24) is 9.38 Å². The number of ether oxygens (including phenoxy) is 1. The number of imidazole rings is 1. The molecule has 5 nitrogen and oxygen atoms in total. The zero-order valence-electron chi connectivity index (χ0n) is 10.6. The highest BCUT2D eigenvalue weighted by molar-refractivity contribution is 7.23. The zero-order chi connectivity index (χ0) is 14.3. The number of benzene rings is 1. The van der Waals surface area contributed by atoms with E-state index in [0.29, 0.717) is 17.3 Å². The van der Waals surface area contributed by atoms with E-state index in [2.05, 4.69) is 4.98 Å². The van der Waals surface area contributed by atoms with Crippen molar-refractivity contribution in [1.29, 1.82) is 0 Å². The maximum atomic E-state index is 11.9. The molecule has 0 aliphatic rings. The minimum atomic E-state index is -0.467. The summed E-state index contributed by atoms with van der Waals surface area (Å²) >= 11 is 7.36. The van der Waals surface area contributed by atoms with E-state index in [0.717, 1.165) is 10.2 Å². The van der Waals surface area contributed by atoms with Crippen molar-refractivity contribution in [3.05, 3.63) is 29.6 Å². The van der Waals surface area contributed by atoms with E-state index < -0.39 is 5.97 Å². The van der Waals surface area contributed by atoms with Crippen LogP contribution in [0.3, 0.4) is 0 Å². The number of phenols is 1. The smallest absolute Gasteiger partial charge is 0.358 e. The SMILES string of the molecule is CCOC(=O)c1nc2sc3cc(O)ccc3n2c1CCl. The van der Waals surface area contributed by atoms with Crippen LogP contribution in [0.5, 0.6) is 5.75 Å². The lowest BCUT2D eigenvalue weighted by Gasteiger charge is -2.01. The van der Waals surface area contributed by atoms with Crippen LogP contribution >= 0.6 is 22.9 Å². The molecule has 0 bridgehead atoms. The fraction of sp³-hybridized carbons (Fsp3) is 0.231. The lowest BCUT2D eigenvalue weighted by Crippen LogP contribution is -2.08. The molecule has 1 aromatic carbocycles. The minimum Gasteiger partial charge on any atom is -0.508 e. The second-order valence-corrected chi connectivity index (χ2v) is 5.41. The molecule has 3 rings (SSSR count). The van der Waals surface area contributed by atoms with Gasteiger partial charge in [0, 0.05) is 0 Å². The molecule has 0 fully saturated rings. The van der Waals surface area contributed by atoms with Gasteiger partial charge in [0.05, 0.1) is 28.4 Å². The molecule has 0 atom stereocenters. The van der Waals surface area contributed by atoms with Gasteiger partial charge in [-0.3, -0.25) is 4.40 Å². The average molecular weight is 311 g/mol. The van der Waals surface area contributed by atoms with Crippen molar-refractivity contribution in [2.75, 3.05) is 6.61 Å². The Kier molecular flexibility index (Phi) is 3.27. The largest absolute Gasteiger partial charge is 0.508 e. The highest BCUT2D eigenvalue weighted by Crippen LogP contribution is 2.32. The van der Waals surface area contributed by atoms with Crippen LogP contribution in [0.1, 0.15) is 23.1 Å². The minimum absolute atomic E-state index is 0.155. The van der Waals surface area contributed by atoms with E-state index in [1.807, 2.05) is 4.40 Å². The Labute approximate surface area is 123 Å². The van der Waals surface area contributed by atoms with Gasteiger partial charge in [-0.25, -0.2) is 9.78 Å². The van der Waals surface area contributed by atoms with Crippen molar-refractivity contribution in [3.8, 4) is 5.75 Å². The lowest BCUT2D eigenvalue weighted by molar-refractivity contribution is 0.0519. The van der Waals surface area contributed by atoms with Crippen molar-refractivity contribution >= 4 is 44.1 Å². The van der Waals surface area contributed by atoms with Crippen LogP contribution in [0.2, 0.25) is 0 Å². The number of aromatic hydroxyl groups is 1. The monoisotopic (exact) mass is 310 g/mol. The highest BCUT2D eigenvalue weighted by Gasteiger charge is 2.22. The molecule has 0 aliphatic heterocycles. The molecule has 1 N–H and O–H groups in total. The van der Waals surface area contributed by atoms with Crippen LogP contribution < -0.4 is 0 Å². The number of fused-ring (bicyclic) bond motifs is 3. The predicted molar refractivity (Wildman–Crippen MR) is 77.8 cm³/mol. The number of carbonyl (C=O) groups excluding carboxylic acids is 1. The first kappa shape index (κ1) is 13.2. The zero-order valence-corrected chi connectivity index (χ0v) is 12.2. The summed E-state index contributed by atoms with van der Waals surface area (Å²) in [6, 6.07) is 5.04. The van der Waals surface area contributed by atoms with Crippen LogP contribution in [-0.4, -0.2) is 27.1 Å². The summed E-state index contributed by atoms with van der Waals surface area (Å²) in [4.78, 5) is 16.9. The van der Waals surface area contributed by atoms with Crippen molar-refractivity contribution in [2.45, 2.75) is 12.8 Å². The molecule has 104 valence electrons. The van der Waals surface area contributed by atoms with Gasteiger partial charge in [0.1, 0.15) is 5.75 Å². The summed E-state index contributed by atoms with van der Waals surface area (Å²) in [5.74, 6) is -0.117. The first-order chi connectivity index (χ1) is 9.65. The third kappa shape index (κ3) is 1.92. The van der Waals surface area contributed by atoms with Gasteiger partial charge in [0.2, 0.25) is 0 Å². The van der Waals surface area contributed by atoms with E-state index in [1.165, 1.54) is 11.3 Å². The second-order valence-electron chi connectivity index (χ2n) is 4.13. The number of halogens is 1. The number of alkyl halides is 1. The Hall–Kier alpha value is -1.79. The van der Waals surface area contributed by atoms with E-state index in [4.69, 9.17) is 16.3 Å². The van der Waals surface area contributed by atoms with Crippen molar-refractivity contribution in [3.63, 3.8) is 0 Å². The summed E-state index contributed by atoms with van der Waals surface area (Å²) in [7, 11) is 0. The van der Waals surface area contributed by atoms with E-state index in [1.54, 1.807) is 25.1 Å². The number of carbonyl (C=O) groups is 1. The Morgan fingerprint density at radius 2 is 2.35 bits per heavy atom. The normalized spacial score (nSPS) is 11.3. The molecule has 0 saturated heterocycles. The van der Waals surface area contributed by atoms with Crippen molar-refractivity contribution < 1.29 is 14.6 Å². The number of thiazole rings is 1. The predicted octanol–water partition coefficient (Wildman–Crippen LogP) is 3.17. The molecule has 3 aromatic rings. The number of hydrogen-bond acceptors (Lipinski definition) is 5. The lowest BCUT2D eigenvalue weighted by atomic mass is 10.3. The molecule has 0 spiro atoms. The summed E-state index contributed by atoms with van der Waals surface area (Å²) < 4.78 is 7.71. The fourth-order valence-electron chi connectivity index (χ4n) is 2.10. The molecule has 0 amide bonds. The second kappa shape index (κ2) is 4.96. The maximum absolute atomic E-state index is 11.9. The van der Waals surface area contributed by atoms with Crippen molar-refractivity contribution in [2.24, 2.45) is 0 Å². The van der Waals surface area contributed by atoms with Gasteiger partial charge in [-0.15, -0.1) is 11.6 Å². The standard InChI is InChI=1S/C13H11ClN2O3S/c1-2-19-12(18)11-9(6-14)16-8-4-3-7(17)5-10(8)20-13(16)15-11/h3-5,17H,2,6H2,1H3. The van der Waals surface area contributed by atoms with Gasteiger partial charge in [0.25, 0.3) is 0 Å². The summed E-state index contributed by atoms with van der Waals surface area (Å²) in [6.07, 6.45) is 0. The Bertz CT molecular complexity index is 809. The van der Waals surface area contributed by atoms with Gasteiger partial charge < -0.3 is 9.84 Å². The Morgan fingerprint density at radius 1 is 1.55 bits per heavy atom. The van der Waals surface area contributed by atoms with Crippen LogP contribution in [0, 0.1) is 0 Å². The molecular weight excluding hydrogens is 300 g/mol. The number of esters is 1. The van der Waals surface area contributed by atoms with Crippen LogP contribution in [0.15, 0.2) is 18.2 Å². The molecule has 0 unspecified atom stereocenters. The van der Waals surface area contributed by atoms with E-state index >= 15 is 0 Å². The first-order valence-corrected chi connectivity index (χ1v) is 7.36. The topological polar surface area (TPSA) is 63.8 Å². The Balaban J connectivity index is 2.28. The van der Waals surface area contributed by atoms with E-state index in [-0.39, 0.29) is 17.3 Å². The van der Waals surface area contributed by atoms with Crippen LogP contribution in [0.4, 0.5) is 0 Å². The Morgan fingerprint density at radius 3 is 3.05 bits per heavy atom. The molecule has 0 saturated carbocycles. The molecule has 2 heterocycles. The third-order valence-corrected chi connectivity index (χ3v) is 4.18. The van der Waals surface area contributed by atoms with Gasteiger partial charge in [0.15, 0.2) is 10.7 Å². The third-order valence-electron chi connectivity index (χ3n) is 2.92. The highest BCUT2D eigenvalue weighted by atomic mass is 35.5. The van der Waals surface area contributed by atoms with Gasteiger partial charge in [-0.2, -0.15) is 0 Å². The average Bonchev–Trinajstić information content (AvgIpc) is 2.93. The fourth-order valence-corrected chi connectivity index (χ4v) is 3.43. The van der Waals surface area contributed by atoms with E-state index in [9.17, 15) is 9.90 Å². The van der Waals surface area contributed by atoms with Crippen LogP contribution in [0.25, 0.3) is 15.2 Å². The van der Waals surface area contributed by atoms with Gasteiger partial charge >= 0.3 is 5.97 Å². The summed E-state index contributed by atoms with van der Waals surface area (Å²) in [6.45, 7) is 2.04. The maximum Gasteiger partial charge on any atom is 0.358 e. The number of phenolic OH excluding ortho intramolecular Hbond substituents is 1. The van der Waals surface area contributed by atoms with Crippen LogP contribution in [-0.2, 0) is 10.6 Å². The molecule has 0 aliphatic carbocycles. The number of hydrogen-bond donors (Lipinski definition) is 1. The molecular formula is C13H11ClN2O3S. The molecule has 0 radical (unpaired) electrons. The molecule has 7 heteroatoms. The molecule has 2 aromatic heterocycles.